The van der Waals surface area contributed by atoms with Gasteiger partial charge in [0.1, 0.15) is 0 Å². The summed E-state index contributed by atoms with van der Waals surface area (Å²) >= 11 is 0. The maximum Gasteiger partial charge on any atom is 0.195 e. The molecule has 0 bridgehead atoms. The Morgan fingerprint density at radius 2 is 1.87 bits per heavy atom. The molecule has 0 saturated heterocycles. The smallest absolute Gasteiger partial charge is 0.195 e. The van der Waals surface area contributed by atoms with Gasteiger partial charge in [-0.3, -0.25) is 4.99 Å². The molecule has 0 spiro atoms. The summed E-state index contributed by atoms with van der Waals surface area (Å²) in [6.07, 6.45) is 0. The monoisotopic (exact) mass is 313 g/mol. The van der Waals surface area contributed by atoms with Gasteiger partial charge in [0.25, 0.3) is 0 Å². The van der Waals surface area contributed by atoms with Gasteiger partial charge in [-0.1, -0.05) is 30.3 Å². The number of hydrogen-bond acceptors (Lipinski definition) is 3. The predicted octanol–water partition coefficient (Wildman–Crippen LogP) is 3.28. The molecule has 5 heteroatoms. The second-order valence-electron chi connectivity index (χ2n) is 4.84. The molecule has 23 heavy (non-hydrogen) atoms. The molecule has 5 nitrogen and oxygen atoms in total. The topological polar surface area (TPSA) is 54.9 Å². The van der Waals surface area contributed by atoms with E-state index < -0.39 is 0 Å². The van der Waals surface area contributed by atoms with Crippen molar-refractivity contribution in [1.82, 2.24) is 5.32 Å². The first-order chi connectivity index (χ1) is 11.3. The zero-order chi connectivity index (χ0) is 16.5. The predicted molar refractivity (Wildman–Crippen MR) is 94.4 cm³/mol. The van der Waals surface area contributed by atoms with Crippen LogP contribution in [0.3, 0.4) is 0 Å². The number of hydrogen-bond donors (Lipinski definition) is 2. The van der Waals surface area contributed by atoms with Crippen LogP contribution in [0.25, 0.3) is 0 Å². The van der Waals surface area contributed by atoms with Crippen LogP contribution >= 0.6 is 0 Å². The van der Waals surface area contributed by atoms with Gasteiger partial charge in [0.2, 0.25) is 0 Å². The first-order valence-corrected chi connectivity index (χ1v) is 7.59. The van der Waals surface area contributed by atoms with Gasteiger partial charge in [-0.05, 0) is 24.6 Å². The Morgan fingerprint density at radius 1 is 1.09 bits per heavy atom. The summed E-state index contributed by atoms with van der Waals surface area (Å²) in [5.74, 6) is 2.11. The number of anilines is 1. The van der Waals surface area contributed by atoms with E-state index in [4.69, 9.17) is 9.47 Å². The highest BCUT2D eigenvalue weighted by molar-refractivity contribution is 5.93. The molecule has 122 valence electrons. The molecule has 0 aliphatic rings. The fraction of sp³-hybridized carbons (Fsp3) is 0.278. The van der Waals surface area contributed by atoms with Crippen LogP contribution in [-0.4, -0.2) is 26.7 Å². The van der Waals surface area contributed by atoms with E-state index in [2.05, 4.69) is 27.8 Å². The van der Waals surface area contributed by atoms with Crippen molar-refractivity contribution in [1.29, 1.82) is 0 Å². The lowest BCUT2D eigenvalue weighted by atomic mass is 10.2. The zero-order valence-corrected chi connectivity index (χ0v) is 13.8. The van der Waals surface area contributed by atoms with Crippen molar-refractivity contribution in [2.75, 3.05) is 26.1 Å². The van der Waals surface area contributed by atoms with Crippen LogP contribution in [0, 0.1) is 0 Å². The number of nitrogens with zero attached hydrogens (tertiary/aromatic N) is 1. The molecule has 0 fully saturated rings. The van der Waals surface area contributed by atoms with Crippen molar-refractivity contribution in [2.24, 2.45) is 4.99 Å². The lowest BCUT2D eigenvalue weighted by Gasteiger charge is -2.14. The number of guanidine groups is 1. The summed E-state index contributed by atoms with van der Waals surface area (Å²) < 4.78 is 10.9. The normalized spacial score (nSPS) is 11.0. The number of ether oxygens (including phenoxy) is 2. The lowest BCUT2D eigenvalue weighted by molar-refractivity contribution is 0.311. The Balaban J connectivity index is 2.01. The van der Waals surface area contributed by atoms with Gasteiger partial charge in [-0.2, -0.15) is 0 Å². The maximum atomic E-state index is 5.52. The summed E-state index contributed by atoms with van der Waals surface area (Å²) in [4.78, 5) is 4.24. The maximum absolute atomic E-state index is 5.52. The zero-order valence-electron chi connectivity index (χ0n) is 13.8. The van der Waals surface area contributed by atoms with E-state index in [-0.39, 0.29) is 0 Å². The summed E-state index contributed by atoms with van der Waals surface area (Å²) in [7, 11) is 3.37. The largest absolute Gasteiger partial charge is 0.493 e. The first-order valence-electron chi connectivity index (χ1n) is 7.59. The molecule has 0 aromatic heterocycles. The van der Waals surface area contributed by atoms with Crippen molar-refractivity contribution in [3.8, 4) is 11.5 Å². The first kappa shape index (κ1) is 16.7. The lowest BCUT2D eigenvalue weighted by Crippen LogP contribution is -2.30. The van der Waals surface area contributed by atoms with Crippen LogP contribution in [0.1, 0.15) is 12.5 Å². The molecule has 0 atom stereocenters. The highest BCUT2D eigenvalue weighted by Crippen LogP contribution is 2.30. The van der Waals surface area contributed by atoms with Crippen LogP contribution in [0.5, 0.6) is 11.5 Å². The summed E-state index contributed by atoms with van der Waals surface area (Å²) in [6, 6.07) is 15.9. The van der Waals surface area contributed by atoms with Crippen molar-refractivity contribution >= 4 is 11.6 Å². The van der Waals surface area contributed by atoms with Crippen LogP contribution in [0.4, 0.5) is 5.69 Å². The van der Waals surface area contributed by atoms with Gasteiger partial charge in [0.15, 0.2) is 17.5 Å². The molecule has 0 saturated carbocycles. The van der Waals surface area contributed by atoms with E-state index in [1.54, 1.807) is 14.2 Å². The standard InChI is InChI=1S/C18H23N3O2/c1-4-23-16-11-10-15(12-17(16)22-3)21-18(19-2)20-13-14-8-6-5-7-9-14/h5-12H,4,13H2,1-3H3,(H2,19,20,21). The highest BCUT2D eigenvalue weighted by atomic mass is 16.5. The van der Waals surface area contributed by atoms with E-state index in [9.17, 15) is 0 Å². The van der Waals surface area contributed by atoms with Gasteiger partial charge < -0.3 is 20.1 Å². The Bertz CT molecular complexity index is 642. The third-order valence-corrected chi connectivity index (χ3v) is 3.25. The third-order valence-electron chi connectivity index (χ3n) is 3.25. The molecule has 0 amide bonds. The summed E-state index contributed by atoms with van der Waals surface area (Å²) in [5, 5.41) is 6.52. The SMILES string of the molecule is CCOc1ccc(NC(=NC)NCc2ccccc2)cc1OC. The molecule has 2 N–H and O–H groups in total. The van der Waals surface area contributed by atoms with Crippen LogP contribution in [0.2, 0.25) is 0 Å². The van der Waals surface area contributed by atoms with Gasteiger partial charge in [0, 0.05) is 25.3 Å². The molecular weight excluding hydrogens is 290 g/mol. The Morgan fingerprint density at radius 3 is 2.52 bits per heavy atom. The molecule has 2 rings (SSSR count). The number of rotatable bonds is 6. The fourth-order valence-corrected chi connectivity index (χ4v) is 2.12. The molecule has 0 aliphatic carbocycles. The minimum atomic E-state index is 0.601. The number of aliphatic imine (C=N–C) groups is 1. The van der Waals surface area contributed by atoms with Gasteiger partial charge in [0.05, 0.1) is 13.7 Å². The second kappa shape index (κ2) is 8.68. The van der Waals surface area contributed by atoms with Crippen LogP contribution < -0.4 is 20.1 Å². The number of methoxy groups -OCH3 is 1. The molecular formula is C18H23N3O2. The van der Waals surface area contributed by atoms with Gasteiger partial charge in [-0.15, -0.1) is 0 Å². The van der Waals surface area contributed by atoms with E-state index in [1.165, 1.54) is 5.56 Å². The average Bonchev–Trinajstić information content (AvgIpc) is 2.60. The Hall–Kier alpha value is -2.69. The fourth-order valence-electron chi connectivity index (χ4n) is 2.12. The minimum Gasteiger partial charge on any atom is -0.493 e. The van der Waals surface area contributed by atoms with Crippen LogP contribution in [0.15, 0.2) is 53.5 Å². The molecule has 0 radical (unpaired) electrons. The average molecular weight is 313 g/mol. The minimum absolute atomic E-state index is 0.601. The summed E-state index contributed by atoms with van der Waals surface area (Å²) in [5.41, 5.74) is 2.08. The van der Waals surface area contributed by atoms with Crippen LogP contribution in [-0.2, 0) is 6.54 Å². The molecule has 0 unspecified atom stereocenters. The number of benzene rings is 2. The van der Waals surface area contributed by atoms with E-state index >= 15 is 0 Å². The number of nitrogens with one attached hydrogen (secondary N) is 2. The van der Waals surface area contributed by atoms with Crippen molar-refractivity contribution in [2.45, 2.75) is 13.5 Å². The Labute approximate surface area is 137 Å². The third kappa shape index (κ3) is 4.92. The molecule has 2 aromatic rings. The second-order valence-corrected chi connectivity index (χ2v) is 4.84. The molecule has 0 aliphatic heterocycles. The summed E-state index contributed by atoms with van der Waals surface area (Å²) in [6.45, 7) is 3.25. The van der Waals surface area contributed by atoms with E-state index in [1.807, 2.05) is 43.3 Å². The van der Waals surface area contributed by atoms with E-state index in [0.717, 1.165) is 11.4 Å². The van der Waals surface area contributed by atoms with Gasteiger partial charge in [-0.25, -0.2) is 0 Å². The van der Waals surface area contributed by atoms with Crippen molar-refractivity contribution in [3.05, 3.63) is 54.1 Å². The quantitative estimate of drug-likeness (QED) is 0.635. The highest BCUT2D eigenvalue weighted by Gasteiger charge is 2.06. The Kier molecular flexibility index (Phi) is 6.29. The van der Waals surface area contributed by atoms with E-state index in [0.29, 0.717) is 24.9 Å². The van der Waals surface area contributed by atoms with Crippen molar-refractivity contribution in [3.63, 3.8) is 0 Å². The molecule has 2 aromatic carbocycles. The molecule has 0 heterocycles. The van der Waals surface area contributed by atoms with Crippen molar-refractivity contribution < 1.29 is 9.47 Å². The van der Waals surface area contributed by atoms with Gasteiger partial charge >= 0.3 is 0 Å².